The van der Waals surface area contributed by atoms with Gasteiger partial charge in [-0.3, -0.25) is 0 Å². The van der Waals surface area contributed by atoms with Crippen LogP contribution in [0.1, 0.15) is 12.7 Å². The topological polar surface area (TPSA) is 51.0 Å². The summed E-state index contributed by atoms with van der Waals surface area (Å²) in [4.78, 5) is 4.01. The number of benzene rings is 1. The second-order valence-electron chi connectivity index (χ2n) is 4.16. The van der Waals surface area contributed by atoms with Gasteiger partial charge in [-0.05, 0) is 26.1 Å². The highest BCUT2D eigenvalue weighted by molar-refractivity contribution is 5.85. The average Bonchev–Trinajstić information content (AvgIpc) is 2.83. The van der Waals surface area contributed by atoms with Crippen molar-refractivity contribution in [3.8, 4) is 11.5 Å². The summed E-state index contributed by atoms with van der Waals surface area (Å²) in [5, 5.41) is 6.69. The molecule has 1 N–H and O–H groups in total. The molecule has 8 heteroatoms. The van der Waals surface area contributed by atoms with E-state index in [4.69, 9.17) is 4.52 Å². The lowest BCUT2D eigenvalue weighted by atomic mass is 10.2. The largest absolute Gasteiger partial charge is 0.334 e. The van der Waals surface area contributed by atoms with Crippen molar-refractivity contribution in [2.24, 2.45) is 0 Å². The Balaban J connectivity index is 0.00000200. The number of halogens is 4. The Kier molecular flexibility index (Phi) is 5.52. The van der Waals surface area contributed by atoms with Gasteiger partial charge in [0, 0.05) is 18.0 Å². The highest BCUT2D eigenvalue weighted by atomic mass is 35.5. The highest BCUT2D eigenvalue weighted by Crippen LogP contribution is 2.22. The maximum absolute atomic E-state index is 13.1. The molecular formula is C12H13ClF3N3O. The molecule has 0 aliphatic rings. The summed E-state index contributed by atoms with van der Waals surface area (Å²) in [6.07, 6.45) is 0.506. The molecule has 0 fully saturated rings. The van der Waals surface area contributed by atoms with Gasteiger partial charge in [-0.1, -0.05) is 5.16 Å². The molecule has 2 aromatic rings. The minimum absolute atomic E-state index is 0. The van der Waals surface area contributed by atoms with Crippen molar-refractivity contribution in [2.45, 2.75) is 19.4 Å². The SMILES string of the molecule is CNC(C)Cc1noc(-c2cc(F)c(F)c(F)c2)n1.Cl. The Labute approximate surface area is 119 Å². The van der Waals surface area contributed by atoms with Crippen molar-refractivity contribution in [3.63, 3.8) is 0 Å². The first-order valence-electron chi connectivity index (χ1n) is 5.66. The lowest BCUT2D eigenvalue weighted by Crippen LogP contribution is -2.24. The van der Waals surface area contributed by atoms with Gasteiger partial charge < -0.3 is 9.84 Å². The van der Waals surface area contributed by atoms with E-state index in [0.717, 1.165) is 12.1 Å². The van der Waals surface area contributed by atoms with E-state index in [0.29, 0.717) is 12.2 Å². The maximum atomic E-state index is 13.1. The van der Waals surface area contributed by atoms with Gasteiger partial charge in [-0.15, -0.1) is 12.4 Å². The summed E-state index contributed by atoms with van der Waals surface area (Å²) >= 11 is 0. The van der Waals surface area contributed by atoms with Crippen LogP contribution in [-0.4, -0.2) is 23.2 Å². The molecule has 110 valence electrons. The Morgan fingerprint density at radius 3 is 2.40 bits per heavy atom. The zero-order valence-electron chi connectivity index (χ0n) is 10.8. The van der Waals surface area contributed by atoms with Crippen LogP contribution in [0, 0.1) is 17.5 Å². The van der Waals surface area contributed by atoms with E-state index in [1.165, 1.54) is 0 Å². The van der Waals surface area contributed by atoms with Gasteiger partial charge >= 0.3 is 0 Å². The van der Waals surface area contributed by atoms with Crippen LogP contribution in [0.2, 0.25) is 0 Å². The molecule has 4 nitrogen and oxygen atoms in total. The second-order valence-corrected chi connectivity index (χ2v) is 4.16. The molecule has 1 heterocycles. The summed E-state index contributed by atoms with van der Waals surface area (Å²) in [6.45, 7) is 1.92. The lowest BCUT2D eigenvalue weighted by Gasteiger charge is -2.04. The van der Waals surface area contributed by atoms with E-state index in [1.807, 2.05) is 6.92 Å². The fourth-order valence-corrected chi connectivity index (χ4v) is 1.51. The zero-order chi connectivity index (χ0) is 14.0. The summed E-state index contributed by atoms with van der Waals surface area (Å²) in [5.74, 6) is -3.75. The van der Waals surface area contributed by atoms with Crippen LogP contribution in [0.25, 0.3) is 11.5 Å². The van der Waals surface area contributed by atoms with E-state index in [1.54, 1.807) is 7.05 Å². The lowest BCUT2D eigenvalue weighted by molar-refractivity contribution is 0.415. The molecule has 0 bridgehead atoms. The summed E-state index contributed by atoms with van der Waals surface area (Å²) in [6, 6.07) is 1.76. The van der Waals surface area contributed by atoms with Crippen LogP contribution in [0.15, 0.2) is 16.7 Å². The van der Waals surface area contributed by atoms with Crippen LogP contribution >= 0.6 is 12.4 Å². The molecule has 0 amide bonds. The van der Waals surface area contributed by atoms with Crippen LogP contribution in [0.5, 0.6) is 0 Å². The van der Waals surface area contributed by atoms with Crippen molar-refractivity contribution in [1.82, 2.24) is 15.5 Å². The minimum atomic E-state index is -1.52. The number of likely N-dealkylation sites (N-methyl/N-ethyl adjacent to an activating group) is 1. The van der Waals surface area contributed by atoms with E-state index < -0.39 is 17.5 Å². The molecule has 0 aliphatic heterocycles. The second kappa shape index (κ2) is 6.71. The molecule has 0 aliphatic carbocycles. The van der Waals surface area contributed by atoms with E-state index in [-0.39, 0.29) is 29.9 Å². The number of hydrogen-bond donors (Lipinski definition) is 1. The van der Waals surface area contributed by atoms with Gasteiger partial charge in [0.1, 0.15) is 0 Å². The summed E-state index contributed by atoms with van der Waals surface area (Å²) in [7, 11) is 1.79. The molecule has 0 saturated heterocycles. The number of nitrogens with one attached hydrogen (secondary N) is 1. The van der Waals surface area contributed by atoms with Gasteiger partial charge in [-0.25, -0.2) is 13.2 Å². The predicted molar refractivity (Wildman–Crippen MR) is 69.1 cm³/mol. The van der Waals surface area contributed by atoms with Crippen LogP contribution in [-0.2, 0) is 6.42 Å². The third kappa shape index (κ3) is 3.49. The normalized spacial score (nSPS) is 12.1. The van der Waals surface area contributed by atoms with Gasteiger partial charge in [0.15, 0.2) is 23.3 Å². The Morgan fingerprint density at radius 1 is 1.25 bits per heavy atom. The molecule has 2 rings (SSSR count). The number of rotatable bonds is 4. The maximum Gasteiger partial charge on any atom is 0.258 e. The van der Waals surface area contributed by atoms with Gasteiger partial charge in [-0.2, -0.15) is 4.98 Å². The molecule has 1 atom stereocenters. The molecule has 1 unspecified atom stereocenters. The number of nitrogens with zero attached hydrogens (tertiary/aromatic N) is 2. The summed E-state index contributed by atoms with van der Waals surface area (Å²) in [5.41, 5.74) is 0.00672. The van der Waals surface area contributed by atoms with Crippen molar-refractivity contribution in [1.29, 1.82) is 0 Å². The summed E-state index contributed by atoms with van der Waals surface area (Å²) < 4.78 is 43.9. The number of aromatic nitrogens is 2. The molecule has 0 saturated carbocycles. The average molecular weight is 308 g/mol. The monoisotopic (exact) mass is 307 g/mol. The van der Waals surface area contributed by atoms with E-state index in [2.05, 4.69) is 15.5 Å². The quantitative estimate of drug-likeness (QED) is 0.883. The first kappa shape index (κ1) is 16.5. The third-order valence-corrected chi connectivity index (χ3v) is 2.68. The van der Waals surface area contributed by atoms with Crippen molar-refractivity contribution >= 4 is 12.4 Å². The van der Waals surface area contributed by atoms with Crippen molar-refractivity contribution in [3.05, 3.63) is 35.4 Å². The Hall–Kier alpha value is -1.60. The minimum Gasteiger partial charge on any atom is -0.334 e. The van der Waals surface area contributed by atoms with Gasteiger partial charge in [0.25, 0.3) is 5.89 Å². The molecule has 0 radical (unpaired) electrons. The smallest absolute Gasteiger partial charge is 0.258 e. The predicted octanol–water partition coefficient (Wildman–Crippen LogP) is 2.73. The molecule has 0 spiro atoms. The standard InChI is InChI=1S/C12H12F3N3O.ClH/c1-6(16-2)3-10-17-12(19-18-10)7-4-8(13)11(15)9(14)5-7;/h4-6,16H,3H2,1-2H3;1H. The third-order valence-electron chi connectivity index (χ3n) is 2.68. The fourth-order valence-electron chi connectivity index (χ4n) is 1.51. The van der Waals surface area contributed by atoms with E-state index >= 15 is 0 Å². The van der Waals surface area contributed by atoms with Crippen LogP contribution < -0.4 is 5.32 Å². The molecule has 1 aromatic heterocycles. The Bertz CT molecular complexity index is 568. The molecule has 1 aromatic carbocycles. The van der Waals surface area contributed by atoms with Gasteiger partial charge in [0.2, 0.25) is 0 Å². The Morgan fingerprint density at radius 2 is 1.85 bits per heavy atom. The van der Waals surface area contributed by atoms with Gasteiger partial charge in [0.05, 0.1) is 0 Å². The number of hydrogen-bond acceptors (Lipinski definition) is 4. The van der Waals surface area contributed by atoms with Crippen LogP contribution in [0.3, 0.4) is 0 Å². The van der Waals surface area contributed by atoms with Crippen molar-refractivity contribution < 1.29 is 17.7 Å². The fraction of sp³-hybridized carbons (Fsp3) is 0.333. The first-order chi connectivity index (χ1) is 9.01. The molecular weight excluding hydrogens is 295 g/mol. The van der Waals surface area contributed by atoms with Crippen LogP contribution in [0.4, 0.5) is 13.2 Å². The highest BCUT2D eigenvalue weighted by Gasteiger charge is 2.16. The zero-order valence-corrected chi connectivity index (χ0v) is 11.6. The first-order valence-corrected chi connectivity index (χ1v) is 5.66. The molecule has 20 heavy (non-hydrogen) atoms. The van der Waals surface area contributed by atoms with Crippen molar-refractivity contribution in [2.75, 3.05) is 7.05 Å². The van der Waals surface area contributed by atoms with E-state index in [9.17, 15) is 13.2 Å².